The van der Waals surface area contributed by atoms with Crippen LogP contribution in [-0.4, -0.2) is 77.1 Å². The normalized spacial score (nSPS) is 19.5. The van der Waals surface area contributed by atoms with E-state index < -0.39 is 12.2 Å². The standard InChI is InChI=1S/C30H32FN5O4/c1-33-20-27(37)35-26(36(33)30(39)32-18-22-9-4-2-5-10-22)19-34(29(38)28(35)24-12-6-3-7-13-24)15-16-40-21-23-11-8-14-25(31)17-23/h2-14,17,26,28H,15-16,18-21H2,1H3,(H,32,39)/t26?,28-/m0/s1. The molecule has 1 N–H and O–H groups in total. The number of nitrogens with one attached hydrogen (secondary N) is 1. The van der Waals surface area contributed by atoms with E-state index in [0.717, 1.165) is 5.56 Å². The van der Waals surface area contributed by atoms with E-state index in [1.54, 1.807) is 29.1 Å². The molecule has 1 unspecified atom stereocenters. The second kappa shape index (κ2) is 12.3. The van der Waals surface area contributed by atoms with E-state index >= 15 is 0 Å². The van der Waals surface area contributed by atoms with Crippen LogP contribution in [0.15, 0.2) is 84.9 Å². The predicted octanol–water partition coefficient (Wildman–Crippen LogP) is 3.15. The molecule has 208 valence electrons. The van der Waals surface area contributed by atoms with Gasteiger partial charge in [-0.25, -0.2) is 19.2 Å². The van der Waals surface area contributed by atoms with Gasteiger partial charge >= 0.3 is 6.03 Å². The van der Waals surface area contributed by atoms with Gasteiger partial charge in [-0.05, 0) is 28.8 Å². The average Bonchev–Trinajstić information content (AvgIpc) is 2.96. The van der Waals surface area contributed by atoms with Crippen LogP contribution in [0.5, 0.6) is 0 Å². The number of halogens is 1. The lowest BCUT2D eigenvalue weighted by atomic mass is 9.99. The van der Waals surface area contributed by atoms with Crippen molar-refractivity contribution in [2.75, 3.05) is 33.3 Å². The van der Waals surface area contributed by atoms with E-state index in [2.05, 4.69) is 5.32 Å². The van der Waals surface area contributed by atoms with Crippen molar-refractivity contribution in [1.82, 2.24) is 25.1 Å². The Morgan fingerprint density at radius 1 is 0.975 bits per heavy atom. The Labute approximate surface area is 232 Å². The topological polar surface area (TPSA) is 85.4 Å². The minimum absolute atomic E-state index is 0.0391. The quantitative estimate of drug-likeness (QED) is 0.440. The van der Waals surface area contributed by atoms with Gasteiger partial charge in [0.05, 0.1) is 26.3 Å². The Kier molecular flexibility index (Phi) is 8.37. The molecule has 2 fully saturated rings. The lowest BCUT2D eigenvalue weighted by Gasteiger charge is -2.54. The minimum atomic E-state index is -0.881. The zero-order valence-corrected chi connectivity index (χ0v) is 22.3. The molecule has 2 saturated heterocycles. The maximum absolute atomic E-state index is 13.8. The highest BCUT2D eigenvalue weighted by Crippen LogP contribution is 2.34. The largest absolute Gasteiger partial charge is 0.375 e. The molecule has 2 aliphatic heterocycles. The number of hydrazine groups is 1. The number of rotatable bonds is 8. The van der Waals surface area contributed by atoms with Crippen molar-refractivity contribution in [3.05, 3.63) is 107 Å². The summed E-state index contributed by atoms with van der Waals surface area (Å²) in [6.07, 6.45) is -0.715. The molecule has 9 nitrogen and oxygen atoms in total. The van der Waals surface area contributed by atoms with E-state index in [1.165, 1.54) is 22.0 Å². The highest BCUT2D eigenvalue weighted by Gasteiger charge is 2.51. The fraction of sp³-hybridized carbons (Fsp3) is 0.300. The van der Waals surface area contributed by atoms with Crippen molar-refractivity contribution in [2.24, 2.45) is 0 Å². The van der Waals surface area contributed by atoms with Gasteiger partial charge in [-0.2, -0.15) is 0 Å². The molecule has 0 aromatic heterocycles. The molecule has 5 rings (SSSR count). The van der Waals surface area contributed by atoms with Gasteiger partial charge in [0.2, 0.25) is 11.8 Å². The monoisotopic (exact) mass is 545 g/mol. The summed E-state index contributed by atoms with van der Waals surface area (Å²) in [6.45, 7) is 1.07. The maximum atomic E-state index is 13.8. The Balaban J connectivity index is 1.36. The van der Waals surface area contributed by atoms with Crippen LogP contribution in [0.2, 0.25) is 0 Å². The van der Waals surface area contributed by atoms with Crippen molar-refractivity contribution < 1.29 is 23.5 Å². The van der Waals surface area contributed by atoms with Gasteiger partial charge in [0, 0.05) is 20.1 Å². The van der Waals surface area contributed by atoms with Gasteiger partial charge in [-0.1, -0.05) is 72.8 Å². The van der Waals surface area contributed by atoms with Gasteiger partial charge in [0.15, 0.2) is 0 Å². The third kappa shape index (κ3) is 5.98. The summed E-state index contributed by atoms with van der Waals surface area (Å²) < 4.78 is 19.3. The molecule has 3 aromatic carbocycles. The Morgan fingerprint density at radius 3 is 2.40 bits per heavy atom. The van der Waals surface area contributed by atoms with Crippen LogP contribution >= 0.6 is 0 Å². The lowest BCUT2D eigenvalue weighted by Crippen LogP contribution is -2.73. The van der Waals surface area contributed by atoms with Gasteiger partial charge in [-0.3, -0.25) is 9.59 Å². The number of amides is 4. The summed E-state index contributed by atoms with van der Waals surface area (Å²) in [5.74, 6) is -0.807. The van der Waals surface area contributed by atoms with Crippen molar-refractivity contribution in [2.45, 2.75) is 25.4 Å². The first-order chi connectivity index (χ1) is 19.4. The van der Waals surface area contributed by atoms with Crippen LogP contribution in [0.3, 0.4) is 0 Å². The van der Waals surface area contributed by atoms with E-state index in [-0.39, 0.29) is 56.5 Å². The predicted molar refractivity (Wildman–Crippen MR) is 146 cm³/mol. The number of likely N-dealkylation sites (N-methyl/N-ethyl adjacent to an activating group) is 1. The van der Waals surface area contributed by atoms with Crippen molar-refractivity contribution >= 4 is 17.8 Å². The molecule has 2 atom stereocenters. The highest BCUT2D eigenvalue weighted by atomic mass is 19.1. The van der Waals surface area contributed by atoms with Crippen molar-refractivity contribution in [3.8, 4) is 0 Å². The van der Waals surface area contributed by atoms with E-state index in [0.29, 0.717) is 17.7 Å². The second-order valence-corrected chi connectivity index (χ2v) is 9.87. The average molecular weight is 546 g/mol. The number of nitrogens with zero attached hydrogens (tertiary/aromatic N) is 4. The molecule has 0 radical (unpaired) electrons. The van der Waals surface area contributed by atoms with Gasteiger partial charge in [0.25, 0.3) is 0 Å². The van der Waals surface area contributed by atoms with E-state index in [1.807, 2.05) is 60.7 Å². The van der Waals surface area contributed by atoms with Crippen LogP contribution in [0.1, 0.15) is 22.7 Å². The number of carbonyl (C=O) groups is 3. The molecule has 4 amide bonds. The summed E-state index contributed by atoms with van der Waals surface area (Å²) in [5.41, 5.74) is 2.31. The lowest BCUT2D eigenvalue weighted by molar-refractivity contribution is -0.188. The SMILES string of the molecule is CN1CC(=O)N2C(CN(CCOCc3cccc(F)c3)C(=O)[C@@H]2c2ccccc2)N1C(=O)NCc1ccccc1. The number of piperazine rings is 1. The van der Waals surface area contributed by atoms with Crippen LogP contribution in [0.25, 0.3) is 0 Å². The maximum Gasteiger partial charge on any atom is 0.334 e. The third-order valence-corrected chi connectivity index (χ3v) is 7.10. The fourth-order valence-electron chi connectivity index (χ4n) is 5.20. The number of benzene rings is 3. The van der Waals surface area contributed by atoms with Crippen LogP contribution in [-0.2, 0) is 27.5 Å². The molecule has 0 saturated carbocycles. The van der Waals surface area contributed by atoms with Crippen LogP contribution < -0.4 is 5.32 Å². The molecule has 2 heterocycles. The van der Waals surface area contributed by atoms with Crippen LogP contribution in [0.4, 0.5) is 9.18 Å². The Bertz CT molecular complexity index is 1340. The molecule has 3 aromatic rings. The van der Waals surface area contributed by atoms with E-state index in [4.69, 9.17) is 4.74 Å². The molecule has 40 heavy (non-hydrogen) atoms. The zero-order chi connectivity index (χ0) is 28.1. The molecule has 0 spiro atoms. The number of hydrogen-bond acceptors (Lipinski definition) is 5. The number of ether oxygens (including phenoxy) is 1. The smallest absolute Gasteiger partial charge is 0.334 e. The third-order valence-electron chi connectivity index (χ3n) is 7.10. The zero-order valence-electron chi connectivity index (χ0n) is 22.3. The molecule has 0 aliphatic carbocycles. The molecule has 0 bridgehead atoms. The second-order valence-electron chi connectivity index (χ2n) is 9.87. The summed E-state index contributed by atoms with van der Waals surface area (Å²) in [6, 6.07) is 23.6. The van der Waals surface area contributed by atoms with Gasteiger partial charge < -0.3 is 19.9 Å². The molecule has 10 heteroatoms. The first-order valence-corrected chi connectivity index (χ1v) is 13.2. The fourth-order valence-corrected chi connectivity index (χ4v) is 5.20. The summed E-state index contributed by atoms with van der Waals surface area (Å²) in [4.78, 5) is 43.8. The van der Waals surface area contributed by atoms with Crippen molar-refractivity contribution in [3.63, 3.8) is 0 Å². The molecular formula is C30H32FN5O4. The first-order valence-electron chi connectivity index (χ1n) is 13.2. The van der Waals surface area contributed by atoms with Gasteiger partial charge in [-0.15, -0.1) is 0 Å². The minimum Gasteiger partial charge on any atom is -0.375 e. The molecular weight excluding hydrogens is 513 g/mol. The Hall–Kier alpha value is -4.28. The summed E-state index contributed by atoms with van der Waals surface area (Å²) >= 11 is 0. The number of hydrogen-bond donors (Lipinski definition) is 1. The Morgan fingerprint density at radius 2 is 1.68 bits per heavy atom. The number of fused-ring (bicyclic) bond motifs is 1. The highest BCUT2D eigenvalue weighted by molar-refractivity contribution is 5.92. The van der Waals surface area contributed by atoms with Crippen LogP contribution in [0, 0.1) is 5.82 Å². The van der Waals surface area contributed by atoms with Crippen molar-refractivity contribution in [1.29, 1.82) is 0 Å². The van der Waals surface area contributed by atoms with Gasteiger partial charge in [0.1, 0.15) is 18.0 Å². The number of carbonyl (C=O) groups excluding carboxylic acids is 3. The first kappa shape index (κ1) is 27.3. The van der Waals surface area contributed by atoms with E-state index in [9.17, 15) is 18.8 Å². The summed E-state index contributed by atoms with van der Waals surface area (Å²) in [5, 5.41) is 6.07. The molecule has 2 aliphatic rings. The summed E-state index contributed by atoms with van der Waals surface area (Å²) in [7, 11) is 1.69. The number of urea groups is 1.